The van der Waals surface area contributed by atoms with Crippen molar-refractivity contribution in [3.8, 4) is 17.1 Å². The first-order chi connectivity index (χ1) is 11.2. The van der Waals surface area contributed by atoms with Crippen LogP contribution < -0.4 is 4.74 Å². The minimum Gasteiger partial charge on any atom is -0.497 e. The van der Waals surface area contributed by atoms with Crippen molar-refractivity contribution in [2.24, 2.45) is 0 Å². The van der Waals surface area contributed by atoms with Crippen LogP contribution >= 0.6 is 0 Å². The average Bonchev–Trinajstić information content (AvgIpc) is 3.11. The van der Waals surface area contributed by atoms with Gasteiger partial charge in [0.1, 0.15) is 11.9 Å². The average molecular weight is 308 g/mol. The fraction of sp³-hybridized carbons (Fsp3) is 0.111. The summed E-state index contributed by atoms with van der Waals surface area (Å²) in [5.41, 5.74) is 1.88. The lowest BCUT2D eigenvalue weighted by Gasteiger charge is -2.10. The summed E-state index contributed by atoms with van der Waals surface area (Å²) in [6.45, 7) is 3.87. The largest absolute Gasteiger partial charge is 0.497 e. The molecule has 5 heteroatoms. The molecule has 0 radical (unpaired) electrons. The lowest BCUT2D eigenvalue weighted by atomic mass is 10.0. The highest BCUT2D eigenvalue weighted by molar-refractivity contribution is 5.64. The Bertz CT molecular complexity index is 795. The van der Waals surface area contributed by atoms with Crippen molar-refractivity contribution < 1.29 is 14.4 Å². The monoisotopic (exact) mass is 308 g/mol. The zero-order valence-electron chi connectivity index (χ0n) is 12.6. The molecular formula is C18H16N2O3. The van der Waals surface area contributed by atoms with E-state index in [1.54, 1.807) is 7.11 Å². The Balaban J connectivity index is 1.82. The normalized spacial score (nSPS) is 11.9. The molecule has 0 aliphatic heterocycles. The van der Waals surface area contributed by atoms with Gasteiger partial charge in [-0.05, 0) is 29.8 Å². The van der Waals surface area contributed by atoms with Gasteiger partial charge in [0.25, 0.3) is 5.89 Å². The number of aliphatic hydroxyl groups excluding tert-OH is 1. The van der Waals surface area contributed by atoms with Crippen molar-refractivity contribution in [2.75, 3.05) is 7.11 Å². The molecule has 0 amide bonds. The van der Waals surface area contributed by atoms with Gasteiger partial charge in [-0.2, -0.15) is 4.98 Å². The molecule has 0 saturated heterocycles. The summed E-state index contributed by atoms with van der Waals surface area (Å²) in [4.78, 5) is 4.30. The minimum absolute atomic E-state index is 0.215. The van der Waals surface area contributed by atoms with E-state index in [1.807, 2.05) is 54.6 Å². The maximum atomic E-state index is 10.3. The van der Waals surface area contributed by atoms with Gasteiger partial charge in [0.15, 0.2) is 0 Å². The highest BCUT2D eigenvalue weighted by Crippen LogP contribution is 2.29. The van der Waals surface area contributed by atoms with Crippen LogP contribution in [0.3, 0.4) is 0 Å². The van der Waals surface area contributed by atoms with Gasteiger partial charge in [-0.3, -0.25) is 0 Å². The third kappa shape index (κ3) is 3.14. The highest BCUT2D eigenvalue weighted by Gasteiger charge is 2.19. The molecule has 116 valence electrons. The van der Waals surface area contributed by atoms with Crippen LogP contribution in [0.4, 0.5) is 0 Å². The minimum atomic E-state index is -0.889. The number of rotatable bonds is 5. The second-order valence-corrected chi connectivity index (χ2v) is 4.99. The van der Waals surface area contributed by atoms with E-state index in [0.717, 1.165) is 16.9 Å². The molecule has 3 rings (SSSR count). The molecular weight excluding hydrogens is 292 g/mol. The van der Waals surface area contributed by atoms with Crippen molar-refractivity contribution >= 4 is 5.57 Å². The Morgan fingerprint density at radius 1 is 1.13 bits per heavy atom. The van der Waals surface area contributed by atoms with Gasteiger partial charge in [-0.1, -0.05) is 42.1 Å². The third-order valence-corrected chi connectivity index (χ3v) is 3.49. The van der Waals surface area contributed by atoms with Crippen LogP contribution in [0.25, 0.3) is 17.0 Å². The summed E-state index contributed by atoms with van der Waals surface area (Å²) >= 11 is 0. The van der Waals surface area contributed by atoms with Gasteiger partial charge >= 0.3 is 0 Å². The first-order valence-electron chi connectivity index (χ1n) is 7.09. The first kappa shape index (κ1) is 15.0. The fourth-order valence-electron chi connectivity index (χ4n) is 2.16. The maximum absolute atomic E-state index is 10.3. The standard InChI is InChI=1S/C18H16N2O3/c1-12(16(21)13-6-4-3-5-7-13)18-19-17(20-23-18)14-8-10-15(22-2)11-9-14/h3-11,16,21H,1H2,2H3. The van der Waals surface area contributed by atoms with Crippen LogP contribution in [-0.4, -0.2) is 22.4 Å². The van der Waals surface area contributed by atoms with E-state index in [4.69, 9.17) is 9.26 Å². The van der Waals surface area contributed by atoms with Crippen molar-refractivity contribution in [1.29, 1.82) is 0 Å². The van der Waals surface area contributed by atoms with Gasteiger partial charge < -0.3 is 14.4 Å². The molecule has 0 spiro atoms. The maximum Gasteiger partial charge on any atom is 0.256 e. The van der Waals surface area contributed by atoms with Crippen molar-refractivity contribution in [3.05, 3.63) is 72.6 Å². The third-order valence-electron chi connectivity index (χ3n) is 3.49. The van der Waals surface area contributed by atoms with E-state index in [-0.39, 0.29) is 5.89 Å². The second kappa shape index (κ2) is 6.46. The van der Waals surface area contributed by atoms with Gasteiger partial charge in [-0.25, -0.2) is 0 Å². The fourth-order valence-corrected chi connectivity index (χ4v) is 2.16. The number of benzene rings is 2. The SMILES string of the molecule is C=C(c1nc(-c2ccc(OC)cc2)no1)C(O)c1ccccc1. The zero-order valence-corrected chi connectivity index (χ0v) is 12.6. The summed E-state index contributed by atoms with van der Waals surface area (Å²) in [6.07, 6.45) is -0.889. The Kier molecular flexibility index (Phi) is 4.21. The molecule has 1 aromatic heterocycles. The Labute approximate surface area is 133 Å². The number of methoxy groups -OCH3 is 1. The summed E-state index contributed by atoms with van der Waals surface area (Å²) in [6, 6.07) is 16.5. The molecule has 1 heterocycles. The molecule has 1 atom stereocenters. The molecule has 0 fully saturated rings. The number of hydrogen-bond acceptors (Lipinski definition) is 5. The molecule has 0 aliphatic carbocycles. The lowest BCUT2D eigenvalue weighted by Crippen LogP contribution is -2.00. The van der Waals surface area contributed by atoms with E-state index in [1.165, 1.54) is 0 Å². The molecule has 0 bridgehead atoms. The lowest BCUT2D eigenvalue weighted by molar-refractivity contribution is 0.233. The summed E-state index contributed by atoms with van der Waals surface area (Å²) in [5.74, 6) is 1.40. The van der Waals surface area contributed by atoms with Crippen LogP contribution in [0.5, 0.6) is 5.75 Å². The summed E-state index contributed by atoms with van der Waals surface area (Å²) < 4.78 is 10.3. The van der Waals surface area contributed by atoms with Crippen LogP contribution in [0.15, 0.2) is 65.7 Å². The zero-order chi connectivity index (χ0) is 16.2. The number of aliphatic hydroxyl groups is 1. The molecule has 1 N–H and O–H groups in total. The van der Waals surface area contributed by atoms with Gasteiger partial charge in [0.05, 0.1) is 7.11 Å². The van der Waals surface area contributed by atoms with E-state index >= 15 is 0 Å². The van der Waals surface area contributed by atoms with Crippen molar-refractivity contribution in [1.82, 2.24) is 10.1 Å². The van der Waals surface area contributed by atoms with Gasteiger partial charge in [-0.15, -0.1) is 0 Å². The molecule has 0 saturated carbocycles. The van der Waals surface area contributed by atoms with E-state index in [9.17, 15) is 5.11 Å². The van der Waals surface area contributed by atoms with E-state index in [2.05, 4.69) is 16.7 Å². The van der Waals surface area contributed by atoms with Crippen LogP contribution in [-0.2, 0) is 0 Å². The van der Waals surface area contributed by atoms with E-state index in [0.29, 0.717) is 11.4 Å². The number of hydrogen-bond donors (Lipinski definition) is 1. The van der Waals surface area contributed by atoms with Gasteiger partial charge in [0, 0.05) is 11.1 Å². The smallest absolute Gasteiger partial charge is 0.256 e. The molecule has 3 aromatic rings. The molecule has 5 nitrogen and oxygen atoms in total. The molecule has 2 aromatic carbocycles. The molecule has 0 aliphatic rings. The summed E-state index contributed by atoms with van der Waals surface area (Å²) in [7, 11) is 1.61. The Morgan fingerprint density at radius 2 is 1.83 bits per heavy atom. The van der Waals surface area contributed by atoms with Gasteiger partial charge in [0.2, 0.25) is 5.82 Å². The van der Waals surface area contributed by atoms with Crippen LogP contribution in [0, 0.1) is 0 Å². The second-order valence-electron chi connectivity index (χ2n) is 4.99. The molecule has 1 unspecified atom stereocenters. The number of aromatic nitrogens is 2. The van der Waals surface area contributed by atoms with Crippen LogP contribution in [0.1, 0.15) is 17.6 Å². The quantitative estimate of drug-likeness (QED) is 0.781. The number of ether oxygens (including phenoxy) is 1. The van der Waals surface area contributed by atoms with Crippen molar-refractivity contribution in [3.63, 3.8) is 0 Å². The van der Waals surface area contributed by atoms with E-state index < -0.39 is 6.10 Å². The highest BCUT2D eigenvalue weighted by atomic mass is 16.5. The predicted octanol–water partition coefficient (Wildman–Crippen LogP) is 3.49. The first-order valence-corrected chi connectivity index (χ1v) is 7.09. The Hall–Kier alpha value is -2.92. The van der Waals surface area contributed by atoms with Crippen LogP contribution in [0.2, 0.25) is 0 Å². The number of nitrogens with zero attached hydrogens (tertiary/aromatic N) is 2. The summed E-state index contributed by atoms with van der Waals surface area (Å²) in [5, 5.41) is 14.3. The predicted molar refractivity (Wildman–Crippen MR) is 86.7 cm³/mol. The van der Waals surface area contributed by atoms with Crippen molar-refractivity contribution in [2.45, 2.75) is 6.10 Å². The topological polar surface area (TPSA) is 68.4 Å². The Morgan fingerprint density at radius 3 is 2.48 bits per heavy atom. The molecule has 23 heavy (non-hydrogen) atoms.